The lowest BCUT2D eigenvalue weighted by Gasteiger charge is -2.13. The van der Waals surface area contributed by atoms with Gasteiger partial charge in [-0.05, 0) is 5.92 Å². The molecule has 0 aromatic carbocycles. The fourth-order valence-corrected chi connectivity index (χ4v) is 1.27. The minimum atomic E-state index is -0.473. The Morgan fingerprint density at radius 1 is 1.47 bits per heavy atom. The highest BCUT2D eigenvalue weighted by atomic mass is 16.5. The Bertz CT molecular complexity index is 277. The molecule has 1 heterocycles. The van der Waals surface area contributed by atoms with Gasteiger partial charge in [0.05, 0.1) is 12.7 Å². The highest BCUT2D eigenvalue weighted by molar-refractivity contribution is 4.78. The number of hydrogen-bond acceptors (Lipinski definition) is 6. The molecule has 0 saturated carbocycles. The summed E-state index contributed by atoms with van der Waals surface area (Å²) in [5.74, 6) is 1.16. The van der Waals surface area contributed by atoms with Gasteiger partial charge >= 0.3 is 0 Å². The van der Waals surface area contributed by atoms with E-state index in [2.05, 4.69) is 33.8 Å². The molecule has 0 aliphatic carbocycles. The summed E-state index contributed by atoms with van der Waals surface area (Å²) in [6, 6.07) is 0. The van der Waals surface area contributed by atoms with Crippen LogP contribution in [0.25, 0.3) is 0 Å². The summed E-state index contributed by atoms with van der Waals surface area (Å²) >= 11 is 0. The Hall–Kier alpha value is -0.980. The predicted octanol–water partition coefficient (Wildman–Crippen LogP) is 0.235. The van der Waals surface area contributed by atoms with Crippen LogP contribution in [0.3, 0.4) is 0 Å². The van der Waals surface area contributed by atoms with E-state index in [9.17, 15) is 5.11 Å². The number of aliphatic hydroxyl groups excluding tert-OH is 1. The van der Waals surface area contributed by atoms with Crippen molar-refractivity contribution < 1.29 is 14.4 Å². The Morgan fingerprint density at radius 2 is 2.29 bits per heavy atom. The Morgan fingerprint density at radius 3 is 2.94 bits per heavy atom. The molecule has 2 N–H and O–H groups in total. The molecule has 0 saturated heterocycles. The van der Waals surface area contributed by atoms with E-state index in [0.29, 0.717) is 44.5 Å². The van der Waals surface area contributed by atoms with Crippen LogP contribution in [0.5, 0.6) is 0 Å². The molecule has 0 aliphatic heterocycles. The molecule has 6 heteroatoms. The van der Waals surface area contributed by atoms with Gasteiger partial charge in [0.2, 0.25) is 6.39 Å². The topological polar surface area (TPSA) is 80.4 Å². The van der Waals surface area contributed by atoms with E-state index in [0.717, 1.165) is 0 Å². The largest absolute Gasteiger partial charge is 0.389 e. The SMILES string of the molecule is CC(C)COCC(O)CNCCc1ncon1. The molecule has 0 aliphatic rings. The molecule has 0 fully saturated rings. The van der Waals surface area contributed by atoms with Crippen molar-refractivity contribution in [3.63, 3.8) is 0 Å². The van der Waals surface area contributed by atoms with Crippen LogP contribution >= 0.6 is 0 Å². The van der Waals surface area contributed by atoms with Gasteiger partial charge in [-0.1, -0.05) is 19.0 Å². The summed E-state index contributed by atoms with van der Waals surface area (Å²) in [6.45, 7) is 6.43. The number of aromatic nitrogens is 2. The number of rotatable bonds is 9. The quantitative estimate of drug-likeness (QED) is 0.605. The van der Waals surface area contributed by atoms with Gasteiger partial charge in [-0.3, -0.25) is 0 Å². The zero-order chi connectivity index (χ0) is 12.5. The average molecular weight is 243 g/mol. The number of hydrogen-bond donors (Lipinski definition) is 2. The highest BCUT2D eigenvalue weighted by Gasteiger charge is 2.05. The van der Waals surface area contributed by atoms with E-state index in [1.54, 1.807) is 0 Å². The third kappa shape index (κ3) is 7.04. The minimum Gasteiger partial charge on any atom is -0.389 e. The third-order valence-electron chi connectivity index (χ3n) is 2.07. The summed E-state index contributed by atoms with van der Waals surface area (Å²) < 4.78 is 9.94. The Balaban J connectivity index is 1.95. The van der Waals surface area contributed by atoms with Gasteiger partial charge in [-0.15, -0.1) is 0 Å². The molecule has 0 amide bonds. The lowest BCUT2D eigenvalue weighted by Crippen LogP contribution is -2.32. The minimum absolute atomic E-state index is 0.368. The van der Waals surface area contributed by atoms with Crippen molar-refractivity contribution in [1.82, 2.24) is 15.5 Å². The Kier molecular flexibility index (Phi) is 6.76. The first kappa shape index (κ1) is 14.1. The van der Waals surface area contributed by atoms with Gasteiger partial charge in [-0.25, -0.2) is 0 Å². The lowest BCUT2D eigenvalue weighted by molar-refractivity contribution is 0.0263. The summed E-state index contributed by atoms with van der Waals surface area (Å²) in [4.78, 5) is 3.90. The molecule has 6 nitrogen and oxygen atoms in total. The molecular weight excluding hydrogens is 222 g/mol. The van der Waals surface area contributed by atoms with E-state index in [4.69, 9.17) is 4.74 Å². The second kappa shape index (κ2) is 8.16. The molecule has 1 atom stereocenters. The van der Waals surface area contributed by atoms with Gasteiger partial charge in [-0.2, -0.15) is 4.98 Å². The zero-order valence-corrected chi connectivity index (χ0v) is 10.4. The van der Waals surface area contributed by atoms with Crippen LogP contribution in [0.1, 0.15) is 19.7 Å². The van der Waals surface area contributed by atoms with Crippen LogP contribution in [0.4, 0.5) is 0 Å². The van der Waals surface area contributed by atoms with Crippen molar-refractivity contribution in [3.8, 4) is 0 Å². The second-order valence-electron chi connectivity index (χ2n) is 4.39. The van der Waals surface area contributed by atoms with Gasteiger partial charge < -0.3 is 19.7 Å². The van der Waals surface area contributed by atoms with Crippen molar-refractivity contribution in [2.75, 3.05) is 26.3 Å². The molecule has 1 aromatic heterocycles. The highest BCUT2D eigenvalue weighted by Crippen LogP contribution is 1.94. The molecule has 0 spiro atoms. The lowest BCUT2D eigenvalue weighted by atomic mass is 10.2. The summed E-state index contributed by atoms with van der Waals surface area (Å²) in [5.41, 5.74) is 0. The number of aliphatic hydroxyl groups is 1. The maximum absolute atomic E-state index is 9.58. The standard InChI is InChI=1S/C11H21N3O3/c1-9(2)6-16-7-10(15)5-12-4-3-11-13-8-17-14-11/h8-10,12,15H,3-7H2,1-2H3. The normalized spacial score (nSPS) is 13.2. The third-order valence-corrected chi connectivity index (χ3v) is 2.07. The first-order chi connectivity index (χ1) is 8.18. The molecule has 1 unspecified atom stereocenters. The van der Waals surface area contributed by atoms with E-state index in [-0.39, 0.29) is 0 Å². The van der Waals surface area contributed by atoms with Gasteiger partial charge in [0, 0.05) is 26.1 Å². The van der Waals surface area contributed by atoms with Crippen LogP contribution in [0, 0.1) is 5.92 Å². The zero-order valence-electron chi connectivity index (χ0n) is 10.4. The van der Waals surface area contributed by atoms with E-state index < -0.39 is 6.10 Å². The van der Waals surface area contributed by atoms with Crippen LogP contribution in [0.2, 0.25) is 0 Å². The average Bonchev–Trinajstić information content (AvgIpc) is 2.76. The smallest absolute Gasteiger partial charge is 0.213 e. The number of ether oxygens (including phenoxy) is 1. The first-order valence-electron chi connectivity index (χ1n) is 5.90. The molecule has 0 bridgehead atoms. The predicted molar refractivity (Wildman–Crippen MR) is 62.5 cm³/mol. The molecule has 0 radical (unpaired) electrons. The number of nitrogens with one attached hydrogen (secondary N) is 1. The second-order valence-corrected chi connectivity index (χ2v) is 4.39. The van der Waals surface area contributed by atoms with Crippen molar-refractivity contribution in [3.05, 3.63) is 12.2 Å². The molecule has 98 valence electrons. The van der Waals surface area contributed by atoms with E-state index in [1.807, 2.05) is 0 Å². The van der Waals surface area contributed by atoms with Gasteiger partial charge in [0.15, 0.2) is 5.82 Å². The summed E-state index contributed by atoms with van der Waals surface area (Å²) in [7, 11) is 0. The monoisotopic (exact) mass is 243 g/mol. The van der Waals surface area contributed by atoms with Crippen LogP contribution < -0.4 is 5.32 Å². The first-order valence-corrected chi connectivity index (χ1v) is 5.90. The van der Waals surface area contributed by atoms with Crippen molar-refractivity contribution >= 4 is 0 Å². The summed E-state index contributed by atoms with van der Waals surface area (Å²) in [5, 5.41) is 16.4. The molecular formula is C11H21N3O3. The fraction of sp³-hybridized carbons (Fsp3) is 0.818. The molecule has 17 heavy (non-hydrogen) atoms. The van der Waals surface area contributed by atoms with Gasteiger partial charge in [0.25, 0.3) is 0 Å². The van der Waals surface area contributed by atoms with Crippen LogP contribution in [-0.4, -0.2) is 47.7 Å². The maximum atomic E-state index is 9.58. The van der Waals surface area contributed by atoms with Crippen LogP contribution in [0.15, 0.2) is 10.9 Å². The van der Waals surface area contributed by atoms with E-state index in [1.165, 1.54) is 6.39 Å². The van der Waals surface area contributed by atoms with E-state index >= 15 is 0 Å². The van der Waals surface area contributed by atoms with Crippen molar-refractivity contribution in [2.24, 2.45) is 5.92 Å². The maximum Gasteiger partial charge on any atom is 0.213 e. The Labute approximate surface area is 101 Å². The fourth-order valence-electron chi connectivity index (χ4n) is 1.27. The van der Waals surface area contributed by atoms with Gasteiger partial charge in [0.1, 0.15) is 0 Å². The molecule has 1 aromatic rings. The molecule has 1 rings (SSSR count). The number of nitrogens with zero attached hydrogens (tertiary/aromatic N) is 2. The summed E-state index contributed by atoms with van der Waals surface area (Å²) in [6.07, 6.45) is 1.53. The van der Waals surface area contributed by atoms with Crippen LogP contribution in [-0.2, 0) is 11.2 Å². The van der Waals surface area contributed by atoms with Crippen molar-refractivity contribution in [1.29, 1.82) is 0 Å². The van der Waals surface area contributed by atoms with Crippen molar-refractivity contribution in [2.45, 2.75) is 26.4 Å².